The maximum absolute atomic E-state index is 13.2. The number of aryl methyl sites for hydroxylation is 1. The number of carbonyl (C=O) groups is 1. The summed E-state index contributed by atoms with van der Waals surface area (Å²) in [5, 5.41) is 0. The second kappa shape index (κ2) is 9.56. The fraction of sp³-hybridized carbons (Fsp3) is 0.393. The van der Waals surface area contributed by atoms with Crippen LogP contribution >= 0.6 is 0 Å². The third kappa shape index (κ3) is 5.37. The predicted molar refractivity (Wildman–Crippen MR) is 135 cm³/mol. The summed E-state index contributed by atoms with van der Waals surface area (Å²) in [4.78, 5) is 26.1. The molecule has 8 heteroatoms. The highest BCUT2D eigenvalue weighted by Gasteiger charge is 2.31. The van der Waals surface area contributed by atoms with Crippen molar-refractivity contribution >= 4 is 11.7 Å². The average molecular weight is 497 g/mol. The van der Waals surface area contributed by atoms with E-state index in [1.54, 1.807) is 6.07 Å². The van der Waals surface area contributed by atoms with Gasteiger partial charge in [-0.15, -0.1) is 0 Å². The summed E-state index contributed by atoms with van der Waals surface area (Å²) in [6.07, 6.45) is -4.44. The first kappa shape index (κ1) is 25.7. The smallest absolute Gasteiger partial charge is 0.353 e. The molecule has 5 nitrogen and oxygen atoms in total. The molecule has 36 heavy (non-hydrogen) atoms. The van der Waals surface area contributed by atoms with E-state index >= 15 is 0 Å². The van der Waals surface area contributed by atoms with Crippen LogP contribution in [0.5, 0.6) is 0 Å². The number of benzene rings is 2. The van der Waals surface area contributed by atoms with Crippen LogP contribution in [0.25, 0.3) is 11.4 Å². The summed E-state index contributed by atoms with van der Waals surface area (Å²) < 4.78 is 39.6. The van der Waals surface area contributed by atoms with Gasteiger partial charge >= 0.3 is 6.18 Å². The number of rotatable bonds is 3. The number of nitrogens with zero attached hydrogens (tertiary/aromatic N) is 4. The second-order valence-corrected chi connectivity index (χ2v) is 10.3. The van der Waals surface area contributed by atoms with Crippen molar-refractivity contribution in [3.05, 3.63) is 76.5 Å². The van der Waals surface area contributed by atoms with E-state index in [1.807, 2.05) is 43.0 Å². The van der Waals surface area contributed by atoms with Gasteiger partial charge in [0.15, 0.2) is 5.82 Å². The lowest BCUT2D eigenvalue weighted by molar-refractivity contribution is -0.137. The van der Waals surface area contributed by atoms with Crippen molar-refractivity contribution in [2.24, 2.45) is 0 Å². The van der Waals surface area contributed by atoms with Crippen LogP contribution in [-0.4, -0.2) is 47.0 Å². The fourth-order valence-corrected chi connectivity index (χ4v) is 4.30. The summed E-state index contributed by atoms with van der Waals surface area (Å²) >= 11 is 0. The van der Waals surface area contributed by atoms with Gasteiger partial charge in [-0.1, -0.05) is 45.0 Å². The Balaban J connectivity index is 1.51. The van der Waals surface area contributed by atoms with Crippen LogP contribution in [0.3, 0.4) is 0 Å². The number of hydrogen-bond acceptors (Lipinski definition) is 4. The molecule has 0 atom stereocenters. The highest BCUT2D eigenvalue weighted by molar-refractivity contribution is 5.94. The molecule has 1 aliphatic heterocycles. The Morgan fingerprint density at radius 3 is 2.08 bits per heavy atom. The molecule has 4 rings (SSSR count). The lowest BCUT2D eigenvalue weighted by Crippen LogP contribution is -2.49. The minimum atomic E-state index is -4.44. The summed E-state index contributed by atoms with van der Waals surface area (Å²) in [6.45, 7) is 12.4. The number of amides is 1. The largest absolute Gasteiger partial charge is 0.416 e. The van der Waals surface area contributed by atoms with Crippen molar-refractivity contribution in [3.8, 4) is 11.4 Å². The van der Waals surface area contributed by atoms with Crippen molar-refractivity contribution in [1.29, 1.82) is 0 Å². The van der Waals surface area contributed by atoms with E-state index in [-0.39, 0.29) is 17.1 Å². The molecule has 1 aromatic heterocycles. The number of halogens is 3. The highest BCUT2D eigenvalue weighted by Crippen LogP contribution is 2.32. The van der Waals surface area contributed by atoms with E-state index in [0.29, 0.717) is 48.8 Å². The molecule has 190 valence electrons. The van der Waals surface area contributed by atoms with Crippen LogP contribution in [0.1, 0.15) is 53.5 Å². The molecule has 1 amide bonds. The number of anilines is 1. The summed E-state index contributed by atoms with van der Waals surface area (Å²) in [5.41, 5.74) is 3.04. The van der Waals surface area contributed by atoms with Crippen molar-refractivity contribution in [2.75, 3.05) is 31.1 Å². The third-order valence-corrected chi connectivity index (χ3v) is 6.68. The number of alkyl halides is 3. The highest BCUT2D eigenvalue weighted by atomic mass is 19.4. The Hall–Kier alpha value is -3.42. The molecule has 1 aliphatic rings. The van der Waals surface area contributed by atoms with Crippen molar-refractivity contribution in [3.63, 3.8) is 0 Å². The minimum absolute atomic E-state index is 0.00430. The number of aromatic nitrogens is 2. The van der Waals surface area contributed by atoms with E-state index in [9.17, 15) is 18.0 Å². The molecule has 1 fully saturated rings. The zero-order chi connectivity index (χ0) is 26.3. The lowest BCUT2D eigenvalue weighted by atomic mass is 9.86. The maximum Gasteiger partial charge on any atom is 0.416 e. The van der Waals surface area contributed by atoms with E-state index in [0.717, 1.165) is 17.7 Å². The van der Waals surface area contributed by atoms with E-state index in [2.05, 4.69) is 35.6 Å². The average Bonchev–Trinajstić information content (AvgIpc) is 2.84. The summed E-state index contributed by atoms with van der Waals surface area (Å²) in [7, 11) is 0. The monoisotopic (exact) mass is 496 g/mol. The summed E-state index contributed by atoms with van der Waals surface area (Å²) in [6, 6.07) is 12.9. The molecule has 0 aliphatic carbocycles. The van der Waals surface area contributed by atoms with E-state index in [1.165, 1.54) is 11.6 Å². The zero-order valence-electron chi connectivity index (χ0n) is 21.3. The molecule has 0 spiro atoms. The quantitative estimate of drug-likeness (QED) is 0.444. The van der Waals surface area contributed by atoms with Crippen molar-refractivity contribution < 1.29 is 18.0 Å². The van der Waals surface area contributed by atoms with E-state index < -0.39 is 11.7 Å². The molecule has 0 unspecified atom stereocenters. The van der Waals surface area contributed by atoms with E-state index in [4.69, 9.17) is 0 Å². The Bertz CT molecular complexity index is 1260. The lowest BCUT2D eigenvalue weighted by Gasteiger charge is -2.36. The molecule has 0 radical (unpaired) electrons. The van der Waals surface area contributed by atoms with Gasteiger partial charge in [0.25, 0.3) is 5.91 Å². The van der Waals surface area contributed by atoms with Crippen LogP contribution in [0.2, 0.25) is 0 Å². The van der Waals surface area contributed by atoms with Gasteiger partial charge in [0.2, 0.25) is 0 Å². The third-order valence-electron chi connectivity index (χ3n) is 6.68. The minimum Gasteiger partial charge on any atom is -0.353 e. The Labute approximate surface area is 210 Å². The van der Waals surface area contributed by atoms with Crippen molar-refractivity contribution in [2.45, 2.75) is 46.2 Å². The van der Waals surface area contributed by atoms with Crippen LogP contribution < -0.4 is 4.90 Å². The molecular weight excluding hydrogens is 465 g/mol. The Morgan fingerprint density at radius 2 is 1.50 bits per heavy atom. The number of piperazine rings is 1. The molecule has 2 aromatic carbocycles. The van der Waals surface area contributed by atoms with Crippen LogP contribution in [0, 0.1) is 13.8 Å². The Morgan fingerprint density at radius 1 is 0.861 bits per heavy atom. The van der Waals surface area contributed by atoms with Gasteiger partial charge in [0.1, 0.15) is 5.82 Å². The van der Waals surface area contributed by atoms with Gasteiger partial charge in [0, 0.05) is 48.6 Å². The summed E-state index contributed by atoms with van der Waals surface area (Å²) in [5.74, 6) is 0.948. The SMILES string of the molecule is Cc1nc(-c2cccc(C(F)(F)F)c2)nc(N2CCN(C(=O)c3ccc(C(C)(C)C)cc3)CC2)c1C. The first-order chi connectivity index (χ1) is 16.8. The number of hydrogen-bond donors (Lipinski definition) is 0. The normalized spacial score (nSPS) is 14.8. The van der Waals surface area contributed by atoms with Gasteiger partial charge in [-0.3, -0.25) is 4.79 Å². The maximum atomic E-state index is 13.2. The molecule has 0 bridgehead atoms. The molecule has 1 saturated heterocycles. The van der Waals surface area contributed by atoms with Gasteiger partial charge in [-0.2, -0.15) is 13.2 Å². The molecule has 0 N–H and O–H groups in total. The first-order valence-electron chi connectivity index (χ1n) is 12.0. The van der Waals surface area contributed by atoms with Crippen LogP contribution in [0.4, 0.5) is 19.0 Å². The molecule has 0 saturated carbocycles. The van der Waals surface area contributed by atoms with Gasteiger partial charge in [-0.25, -0.2) is 9.97 Å². The standard InChI is InChI=1S/C28H31F3N4O/c1-18-19(2)32-24(21-7-6-8-23(17-21)28(29,30)31)33-25(18)34-13-15-35(16-14-34)26(36)20-9-11-22(12-10-20)27(3,4)5/h6-12,17H,13-16H2,1-5H3. The van der Waals surface area contributed by atoms with Gasteiger partial charge in [0.05, 0.1) is 5.56 Å². The zero-order valence-corrected chi connectivity index (χ0v) is 21.3. The van der Waals surface area contributed by atoms with Gasteiger partial charge in [-0.05, 0) is 49.1 Å². The Kier molecular flexibility index (Phi) is 6.82. The fourth-order valence-electron chi connectivity index (χ4n) is 4.30. The number of carbonyl (C=O) groups excluding carboxylic acids is 1. The van der Waals surface area contributed by atoms with Crippen LogP contribution in [0.15, 0.2) is 48.5 Å². The molecular formula is C28H31F3N4O. The topological polar surface area (TPSA) is 49.3 Å². The molecule has 3 aromatic rings. The predicted octanol–water partition coefficient (Wildman–Crippen LogP) is 6.04. The first-order valence-corrected chi connectivity index (χ1v) is 12.0. The second-order valence-electron chi connectivity index (χ2n) is 10.3. The van der Waals surface area contributed by atoms with Gasteiger partial charge < -0.3 is 9.80 Å². The van der Waals surface area contributed by atoms with Crippen LogP contribution in [-0.2, 0) is 11.6 Å². The van der Waals surface area contributed by atoms with Crippen molar-refractivity contribution in [1.82, 2.24) is 14.9 Å². The molecule has 2 heterocycles.